The summed E-state index contributed by atoms with van der Waals surface area (Å²) in [6.07, 6.45) is 1.09. The van der Waals surface area contributed by atoms with Gasteiger partial charge in [0, 0.05) is 5.02 Å². The van der Waals surface area contributed by atoms with Crippen molar-refractivity contribution < 1.29 is 9.66 Å². The van der Waals surface area contributed by atoms with Crippen molar-refractivity contribution in [2.24, 2.45) is 0 Å². The average molecular weight is 300 g/mol. The predicted molar refractivity (Wildman–Crippen MR) is 70.0 cm³/mol. The maximum absolute atomic E-state index is 10.9. The lowest BCUT2D eigenvalue weighted by molar-refractivity contribution is -0.386. The highest BCUT2D eigenvalue weighted by Crippen LogP contribution is 2.35. The zero-order chi connectivity index (χ0) is 14.0. The van der Waals surface area contributed by atoms with Crippen LogP contribution in [0, 0.1) is 17.0 Å². The van der Waals surface area contributed by atoms with Gasteiger partial charge < -0.3 is 4.74 Å². The number of ether oxygens (including phenoxy) is 1. The van der Waals surface area contributed by atoms with Crippen molar-refractivity contribution in [2.45, 2.75) is 6.92 Å². The number of hydrogen-bond acceptors (Lipinski definition) is 5. The van der Waals surface area contributed by atoms with Gasteiger partial charge in [0.25, 0.3) is 0 Å². The van der Waals surface area contributed by atoms with Crippen molar-refractivity contribution in [1.82, 2.24) is 9.97 Å². The summed E-state index contributed by atoms with van der Waals surface area (Å²) in [7, 11) is 0. The van der Waals surface area contributed by atoms with Crippen LogP contribution >= 0.6 is 23.2 Å². The van der Waals surface area contributed by atoms with Crippen LogP contribution in [0.15, 0.2) is 24.5 Å². The molecule has 98 valence electrons. The second-order valence-corrected chi connectivity index (χ2v) is 4.38. The minimum Gasteiger partial charge on any atom is -0.433 e. The topological polar surface area (TPSA) is 78.2 Å². The number of aromatic nitrogens is 2. The summed E-state index contributed by atoms with van der Waals surface area (Å²) in [5.41, 5.74) is 0.275. The Morgan fingerprint density at radius 3 is 2.74 bits per heavy atom. The third-order valence-electron chi connectivity index (χ3n) is 2.28. The molecule has 0 bridgehead atoms. The number of halogens is 2. The zero-order valence-electron chi connectivity index (χ0n) is 9.63. The second kappa shape index (κ2) is 5.38. The molecule has 0 unspecified atom stereocenters. The standard InChI is InChI=1S/C11H7Cl2N3O3/c1-6-2-3-7(12)4-8(6)19-11-9(16(17)18)10(13)14-5-15-11/h2-5H,1H3. The fourth-order valence-electron chi connectivity index (χ4n) is 1.36. The molecule has 0 aliphatic heterocycles. The minimum atomic E-state index is -0.697. The predicted octanol–water partition coefficient (Wildman–Crippen LogP) is 3.79. The molecule has 8 heteroatoms. The molecule has 0 N–H and O–H groups in total. The van der Waals surface area contributed by atoms with Crippen molar-refractivity contribution >= 4 is 28.9 Å². The molecule has 2 aromatic rings. The van der Waals surface area contributed by atoms with Gasteiger partial charge in [0.05, 0.1) is 4.92 Å². The van der Waals surface area contributed by atoms with Crippen LogP contribution in [0.2, 0.25) is 10.2 Å². The lowest BCUT2D eigenvalue weighted by Gasteiger charge is -2.08. The van der Waals surface area contributed by atoms with Crippen LogP contribution in [0.4, 0.5) is 5.69 Å². The number of nitrogens with zero attached hydrogens (tertiary/aromatic N) is 3. The summed E-state index contributed by atoms with van der Waals surface area (Å²) in [5, 5.41) is 11.1. The molecule has 0 saturated heterocycles. The molecule has 0 spiro atoms. The first-order valence-corrected chi connectivity index (χ1v) is 5.83. The van der Waals surface area contributed by atoms with Gasteiger partial charge in [0.15, 0.2) is 0 Å². The molecule has 6 nitrogen and oxygen atoms in total. The van der Waals surface area contributed by atoms with Crippen LogP contribution in [0.5, 0.6) is 11.6 Å². The maximum atomic E-state index is 10.9. The monoisotopic (exact) mass is 299 g/mol. The summed E-state index contributed by atoms with van der Waals surface area (Å²) < 4.78 is 5.40. The normalized spacial score (nSPS) is 10.3. The Bertz CT molecular complexity index is 649. The van der Waals surface area contributed by atoms with E-state index in [9.17, 15) is 10.1 Å². The van der Waals surface area contributed by atoms with Gasteiger partial charge in [-0.25, -0.2) is 4.98 Å². The van der Waals surface area contributed by atoms with E-state index in [4.69, 9.17) is 27.9 Å². The van der Waals surface area contributed by atoms with Crippen molar-refractivity contribution in [3.8, 4) is 11.6 Å². The van der Waals surface area contributed by atoms with E-state index in [2.05, 4.69) is 9.97 Å². The summed E-state index contributed by atoms with van der Waals surface area (Å²) in [5.74, 6) is 0.140. The van der Waals surface area contributed by atoms with Crippen molar-refractivity contribution in [2.75, 3.05) is 0 Å². The largest absolute Gasteiger partial charge is 0.433 e. The van der Waals surface area contributed by atoms with E-state index in [0.717, 1.165) is 11.9 Å². The van der Waals surface area contributed by atoms with Crippen LogP contribution in [0.1, 0.15) is 5.56 Å². The van der Waals surface area contributed by atoms with Crippen LogP contribution < -0.4 is 4.74 Å². The van der Waals surface area contributed by atoms with Gasteiger partial charge in [-0.2, -0.15) is 4.98 Å². The Kier molecular flexibility index (Phi) is 3.82. The molecule has 1 aromatic heterocycles. The first kappa shape index (κ1) is 13.5. The van der Waals surface area contributed by atoms with Crippen LogP contribution in [-0.4, -0.2) is 14.9 Å². The average Bonchev–Trinajstić information content (AvgIpc) is 2.33. The van der Waals surface area contributed by atoms with Crippen LogP contribution in [0.25, 0.3) is 0 Å². The third-order valence-corrected chi connectivity index (χ3v) is 2.80. The first-order valence-electron chi connectivity index (χ1n) is 5.08. The summed E-state index contributed by atoms with van der Waals surface area (Å²) in [4.78, 5) is 17.5. The smallest absolute Gasteiger partial charge is 0.368 e. The highest BCUT2D eigenvalue weighted by Gasteiger charge is 2.24. The number of nitro groups is 1. The summed E-state index contributed by atoms with van der Waals surface area (Å²) in [6, 6.07) is 4.95. The SMILES string of the molecule is Cc1ccc(Cl)cc1Oc1ncnc(Cl)c1[N+](=O)[O-]. The van der Waals surface area contributed by atoms with Gasteiger partial charge in [0.1, 0.15) is 12.1 Å². The quantitative estimate of drug-likeness (QED) is 0.489. The molecule has 0 atom stereocenters. The fraction of sp³-hybridized carbons (Fsp3) is 0.0909. The van der Waals surface area contributed by atoms with E-state index in [1.165, 1.54) is 6.07 Å². The lowest BCUT2D eigenvalue weighted by Crippen LogP contribution is -1.99. The van der Waals surface area contributed by atoms with Crippen LogP contribution in [0.3, 0.4) is 0 Å². The molecule has 0 fully saturated rings. The number of benzene rings is 1. The van der Waals surface area contributed by atoms with E-state index in [-0.39, 0.29) is 11.0 Å². The Hall–Kier alpha value is -1.92. The molecular formula is C11H7Cl2N3O3. The van der Waals surface area contributed by atoms with E-state index >= 15 is 0 Å². The second-order valence-electron chi connectivity index (χ2n) is 3.59. The Morgan fingerprint density at radius 1 is 1.32 bits per heavy atom. The molecule has 1 aromatic carbocycles. The van der Waals surface area contributed by atoms with Crippen molar-refractivity contribution in [3.05, 3.63) is 50.4 Å². The maximum Gasteiger partial charge on any atom is 0.368 e. The first-order chi connectivity index (χ1) is 8.99. The Balaban J connectivity index is 2.46. The van der Waals surface area contributed by atoms with Gasteiger partial charge in [-0.1, -0.05) is 29.3 Å². The van der Waals surface area contributed by atoms with E-state index in [1.807, 2.05) is 0 Å². The minimum absolute atomic E-state index is 0.227. The third kappa shape index (κ3) is 2.91. The van der Waals surface area contributed by atoms with Crippen molar-refractivity contribution in [3.63, 3.8) is 0 Å². The summed E-state index contributed by atoms with van der Waals surface area (Å²) in [6.45, 7) is 1.78. The molecule has 0 radical (unpaired) electrons. The van der Waals surface area contributed by atoms with Crippen molar-refractivity contribution in [1.29, 1.82) is 0 Å². The molecule has 0 amide bonds. The highest BCUT2D eigenvalue weighted by atomic mass is 35.5. The van der Waals surface area contributed by atoms with Crippen LogP contribution in [-0.2, 0) is 0 Å². The van der Waals surface area contributed by atoms with E-state index in [0.29, 0.717) is 10.8 Å². The van der Waals surface area contributed by atoms with E-state index < -0.39 is 10.6 Å². The van der Waals surface area contributed by atoms with Gasteiger partial charge >= 0.3 is 11.6 Å². The lowest BCUT2D eigenvalue weighted by atomic mass is 10.2. The van der Waals surface area contributed by atoms with Gasteiger partial charge in [-0.15, -0.1) is 0 Å². The Labute approximate surface area is 118 Å². The molecule has 0 saturated carbocycles. The Morgan fingerprint density at radius 2 is 2.05 bits per heavy atom. The highest BCUT2D eigenvalue weighted by molar-refractivity contribution is 6.31. The number of aryl methyl sites for hydroxylation is 1. The summed E-state index contributed by atoms with van der Waals surface area (Å²) >= 11 is 11.5. The number of hydrogen-bond donors (Lipinski definition) is 0. The molecule has 0 aliphatic carbocycles. The molecule has 19 heavy (non-hydrogen) atoms. The molecule has 2 rings (SSSR count). The molecule has 1 heterocycles. The van der Waals surface area contributed by atoms with E-state index in [1.54, 1.807) is 19.1 Å². The van der Waals surface area contributed by atoms with Gasteiger partial charge in [-0.05, 0) is 24.6 Å². The fourth-order valence-corrected chi connectivity index (χ4v) is 1.71. The zero-order valence-corrected chi connectivity index (χ0v) is 11.1. The number of rotatable bonds is 3. The molecular weight excluding hydrogens is 293 g/mol. The van der Waals surface area contributed by atoms with Gasteiger partial charge in [0.2, 0.25) is 5.15 Å². The molecule has 0 aliphatic rings. The van der Waals surface area contributed by atoms with Gasteiger partial charge in [-0.3, -0.25) is 10.1 Å².